The summed E-state index contributed by atoms with van der Waals surface area (Å²) in [5.41, 5.74) is 0. The summed E-state index contributed by atoms with van der Waals surface area (Å²) in [4.78, 5) is 13.6. The second-order valence-corrected chi connectivity index (χ2v) is 1.32. The number of aliphatic imine (C=N–C) groups is 1. The molecule has 4 heteroatoms. The minimum Gasteiger partial charge on any atom is -0.492 e. The maximum atomic E-state index is 10.5. The quantitative estimate of drug-likeness (QED) is 0.248. The molecule has 0 rings (SSSR count). The minimum atomic E-state index is -0.590. The van der Waals surface area contributed by atoms with Crippen LogP contribution >= 0.6 is 12.2 Å². The standard InChI is InChI=1S/C5H5NO2S/c1-4(8-2)5(7)6-3-9/h1H2,2H3. The lowest BCUT2D eigenvalue weighted by atomic mass is 10.5. The van der Waals surface area contributed by atoms with E-state index < -0.39 is 5.91 Å². The Kier molecular flexibility index (Phi) is 3.51. The summed E-state index contributed by atoms with van der Waals surface area (Å²) < 4.78 is 4.44. The molecule has 0 aromatic carbocycles. The van der Waals surface area contributed by atoms with Crippen molar-refractivity contribution in [2.24, 2.45) is 4.99 Å². The number of nitrogens with zero attached hydrogens (tertiary/aromatic N) is 1. The molecule has 0 saturated heterocycles. The number of amides is 1. The van der Waals surface area contributed by atoms with Gasteiger partial charge in [-0.15, -0.1) is 4.99 Å². The van der Waals surface area contributed by atoms with Gasteiger partial charge in [-0.05, 0) is 12.2 Å². The lowest BCUT2D eigenvalue weighted by Crippen LogP contribution is -1.97. The van der Waals surface area contributed by atoms with Gasteiger partial charge in [0.2, 0.25) is 0 Å². The Labute approximate surface area is 58.0 Å². The first-order chi connectivity index (χ1) is 4.22. The second kappa shape index (κ2) is 3.95. The molecule has 0 aromatic rings. The van der Waals surface area contributed by atoms with Crippen LogP contribution < -0.4 is 0 Å². The molecule has 0 fully saturated rings. The van der Waals surface area contributed by atoms with Crippen LogP contribution in [0.25, 0.3) is 0 Å². The Morgan fingerprint density at radius 1 is 1.89 bits per heavy atom. The number of isothiocyanates is 1. The van der Waals surface area contributed by atoms with E-state index in [1.807, 2.05) is 5.16 Å². The Balaban J connectivity index is 4.04. The van der Waals surface area contributed by atoms with Gasteiger partial charge in [0.15, 0.2) is 5.76 Å². The number of rotatable bonds is 2. The topological polar surface area (TPSA) is 38.7 Å². The largest absolute Gasteiger partial charge is 0.492 e. The van der Waals surface area contributed by atoms with Crippen molar-refractivity contribution in [3.63, 3.8) is 0 Å². The van der Waals surface area contributed by atoms with E-state index in [-0.39, 0.29) is 5.76 Å². The van der Waals surface area contributed by atoms with E-state index in [0.29, 0.717) is 0 Å². The van der Waals surface area contributed by atoms with Crippen molar-refractivity contribution >= 4 is 23.3 Å². The van der Waals surface area contributed by atoms with Crippen LogP contribution in [0, 0.1) is 0 Å². The molecule has 0 N–H and O–H groups in total. The molecule has 48 valence electrons. The fourth-order valence-electron chi connectivity index (χ4n) is 0.191. The summed E-state index contributed by atoms with van der Waals surface area (Å²) in [6.45, 7) is 3.24. The van der Waals surface area contributed by atoms with Gasteiger partial charge in [0.25, 0.3) is 0 Å². The molecule has 0 aliphatic carbocycles. The number of hydrogen-bond donors (Lipinski definition) is 0. The van der Waals surface area contributed by atoms with E-state index in [0.717, 1.165) is 0 Å². The average molecular weight is 143 g/mol. The molecule has 3 nitrogen and oxygen atoms in total. The predicted molar refractivity (Wildman–Crippen MR) is 36.2 cm³/mol. The molecule has 0 unspecified atom stereocenters. The van der Waals surface area contributed by atoms with Gasteiger partial charge in [0, 0.05) is 0 Å². The number of methoxy groups -OCH3 is 1. The summed E-state index contributed by atoms with van der Waals surface area (Å²) >= 11 is 4.16. The first-order valence-electron chi connectivity index (χ1n) is 2.07. The Bertz CT molecular complexity index is 181. The monoisotopic (exact) mass is 143 g/mol. The van der Waals surface area contributed by atoms with E-state index in [4.69, 9.17) is 0 Å². The molecule has 0 radical (unpaired) electrons. The first kappa shape index (κ1) is 8.01. The molecular weight excluding hydrogens is 138 g/mol. The summed E-state index contributed by atoms with van der Waals surface area (Å²) in [7, 11) is 1.33. The number of thiocarbonyl (C=S) groups is 1. The zero-order chi connectivity index (χ0) is 7.28. The molecule has 1 amide bonds. The number of carbonyl (C=O) groups is 1. The molecule has 0 bridgehead atoms. The summed E-state index contributed by atoms with van der Waals surface area (Å²) in [6.07, 6.45) is 0. The highest BCUT2D eigenvalue weighted by Gasteiger charge is 2.01. The third-order valence-electron chi connectivity index (χ3n) is 0.632. The summed E-state index contributed by atoms with van der Waals surface area (Å²) in [6, 6.07) is 0. The average Bonchev–Trinajstić information content (AvgIpc) is 1.87. The van der Waals surface area contributed by atoms with Crippen LogP contribution in [0.2, 0.25) is 0 Å². The highest BCUT2D eigenvalue weighted by Crippen LogP contribution is 1.91. The lowest BCUT2D eigenvalue weighted by molar-refractivity contribution is -0.117. The first-order valence-corrected chi connectivity index (χ1v) is 2.48. The fraction of sp³-hybridized carbons (Fsp3) is 0.200. The zero-order valence-corrected chi connectivity index (χ0v) is 5.70. The van der Waals surface area contributed by atoms with E-state index in [2.05, 4.69) is 28.5 Å². The summed E-state index contributed by atoms with van der Waals surface area (Å²) in [5.74, 6) is -0.625. The molecular formula is C5H5NO2S. The van der Waals surface area contributed by atoms with Crippen molar-refractivity contribution < 1.29 is 9.53 Å². The number of ether oxygens (including phenoxy) is 1. The Hall–Kier alpha value is -0.990. The van der Waals surface area contributed by atoms with Gasteiger partial charge in [-0.2, -0.15) is 0 Å². The number of hydrogen-bond acceptors (Lipinski definition) is 3. The zero-order valence-electron chi connectivity index (χ0n) is 4.88. The van der Waals surface area contributed by atoms with Crippen LogP contribution in [-0.4, -0.2) is 18.2 Å². The van der Waals surface area contributed by atoms with Gasteiger partial charge < -0.3 is 4.74 Å². The molecule has 0 saturated carbocycles. The maximum absolute atomic E-state index is 10.5. The van der Waals surface area contributed by atoms with E-state index >= 15 is 0 Å². The lowest BCUT2D eigenvalue weighted by Gasteiger charge is -1.93. The maximum Gasteiger partial charge on any atom is 0.320 e. The van der Waals surface area contributed by atoms with Crippen LogP contribution in [0.5, 0.6) is 0 Å². The normalized spacial score (nSPS) is 7.22. The molecule has 0 aliphatic heterocycles. The van der Waals surface area contributed by atoms with Gasteiger partial charge in [-0.25, -0.2) is 0 Å². The van der Waals surface area contributed by atoms with Crippen molar-refractivity contribution in [3.8, 4) is 0 Å². The smallest absolute Gasteiger partial charge is 0.320 e. The molecule has 0 aromatic heterocycles. The van der Waals surface area contributed by atoms with Gasteiger partial charge in [-0.3, -0.25) is 4.79 Å². The van der Waals surface area contributed by atoms with Crippen molar-refractivity contribution in [1.82, 2.24) is 0 Å². The van der Waals surface area contributed by atoms with Crippen LogP contribution in [0.3, 0.4) is 0 Å². The van der Waals surface area contributed by atoms with Gasteiger partial charge in [0.05, 0.1) is 12.3 Å². The van der Waals surface area contributed by atoms with Crippen LogP contribution in [-0.2, 0) is 9.53 Å². The summed E-state index contributed by atoms with van der Waals surface area (Å²) in [5, 5.41) is 1.90. The van der Waals surface area contributed by atoms with Crippen molar-refractivity contribution in [3.05, 3.63) is 12.3 Å². The highest BCUT2D eigenvalue weighted by molar-refractivity contribution is 7.78. The third kappa shape index (κ3) is 2.74. The van der Waals surface area contributed by atoms with Crippen molar-refractivity contribution in [1.29, 1.82) is 0 Å². The highest BCUT2D eigenvalue weighted by atomic mass is 32.1. The van der Waals surface area contributed by atoms with Crippen molar-refractivity contribution in [2.75, 3.05) is 7.11 Å². The Morgan fingerprint density at radius 2 is 2.44 bits per heavy atom. The van der Waals surface area contributed by atoms with Crippen LogP contribution in [0.15, 0.2) is 17.3 Å². The van der Waals surface area contributed by atoms with Gasteiger partial charge >= 0.3 is 5.91 Å². The van der Waals surface area contributed by atoms with Crippen LogP contribution in [0.4, 0.5) is 0 Å². The van der Waals surface area contributed by atoms with Crippen LogP contribution in [0.1, 0.15) is 0 Å². The van der Waals surface area contributed by atoms with Gasteiger partial charge in [-0.1, -0.05) is 6.58 Å². The molecule has 0 spiro atoms. The molecule has 0 atom stereocenters. The number of carbonyl (C=O) groups excluding carboxylic acids is 1. The molecule has 0 heterocycles. The van der Waals surface area contributed by atoms with Gasteiger partial charge in [0.1, 0.15) is 0 Å². The Morgan fingerprint density at radius 3 is 2.78 bits per heavy atom. The van der Waals surface area contributed by atoms with E-state index in [9.17, 15) is 4.79 Å². The van der Waals surface area contributed by atoms with E-state index in [1.165, 1.54) is 7.11 Å². The molecule has 9 heavy (non-hydrogen) atoms. The second-order valence-electron chi connectivity index (χ2n) is 1.14. The third-order valence-corrected chi connectivity index (χ3v) is 0.723. The SMILES string of the molecule is C=C(OC)C(=O)N=C=S. The fourth-order valence-corrected chi connectivity index (χ4v) is 0.274. The van der Waals surface area contributed by atoms with Crippen molar-refractivity contribution in [2.45, 2.75) is 0 Å². The molecule has 0 aliphatic rings. The van der Waals surface area contributed by atoms with E-state index in [1.54, 1.807) is 0 Å². The minimum absolute atomic E-state index is 0.0349. The predicted octanol–water partition coefficient (Wildman–Crippen LogP) is 0.776.